The van der Waals surface area contributed by atoms with Gasteiger partial charge in [-0.3, -0.25) is 4.79 Å². The Labute approximate surface area is 133 Å². The first-order valence-corrected chi connectivity index (χ1v) is 7.29. The largest absolute Gasteiger partial charge is 0.492 e. The number of amides is 1. The van der Waals surface area contributed by atoms with Crippen LogP contribution in [-0.2, 0) is 9.59 Å². The lowest BCUT2D eigenvalue weighted by molar-refractivity contribution is -0.141. The number of carboxylic acid groups (broad SMARTS) is 1. The van der Waals surface area contributed by atoms with Crippen LogP contribution < -0.4 is 10.1 Å². The van der Waals surface area contributed by atoms with E-state index in [0.29, 0.717) is 35.2 Å². The topological polar surface area (TPSA) is 75.6 Å². The molecule has 21 heavy (non-hydrogen) atoms. The van der Waals surface area contributed by atoms with Crippen LogP contribution in [0, 0.1) is 0 Å². The van der Waals surface area contributed by atoms with Crippen molar-refractivity contribution in [3.8, 4) is 5.75 Å². The summed E-state index contributed by atoms with van der Waals surface area (Å²) in [5, 5.41) is 12.2. The molecule has 1 unspecified atom stereocenters. The van der Waals surface area contributed by atoms with Crippen LogP contribution >= 0.6 is 23.2 Å². The van der Waals surface area contributed by atoms with E-state index in [9.17, 15) is 9.59 Å². The number of ether oxygens (including phenoxy) is 1. The average molecular weight is 334 g/mol. The normalized spacial score (nSPS) is 11.8. The fraction of sp³-hybridized carbons (Fsp3) is 0.429. The van der Waals surface area contributed by atoms with Gasteiger partial charge in [-0.05, 0) is 31.0 Å². The van der Waals surface area contributed by atoms with Crippen molar-refractivity contribution in [1.82, 2.24) is 5.32 Å². The number of carboxylic acids is 1. The third kappa shape index (κ3) is 6.23. The van der Waals surface area contributed by atoms with Gasteiger partial charge in [0, 0.05) is 11.4 Å². The van der Waals surface area contributed by atoms with Gasteiger partial charge in [-0.1, -0.05) is 30.1 Å². The highest BCUT2D eigenvalue weighted by atomic mass is 35.5. The zero-order chi connectivity index (χ0) is 15.8. The van der Waals surface area contributed by atoms with Gasteiger partial charge in [0.05, 0.1) is 11.6 Å². The number of rotatable bonds is 8. The second-order valence-electron chi connectivity index (χ2n) is 4.39. The summed E-state index contributed by atoms with van der Waals surface area (Å²) in [4.78, 5) is 22.3. The summed E-state index contributed by atoms with van der Waals surface area (Å²) < 4.78 is 5.43. The predicted molar refractivity (Wildman–Crippen MR) is 81.0 cm³/mol. The molecule has 0 aliphatic rings. The van der Waals surface area contributed by atoms with Gasteiger partial charge in [0.15, 0.2) is 0 Å². The van der Waals surface area contributed by atoms with Crippen LogP contribution in [0.4, 0.5) is 0 Å². The van der Waals surface area contributed by atoms with Crippen LogP contribution in [0.5, 0.6) is 5.75 Å². The molecule has 0 radical (unpaired) electrons. The van der Waals surface area contributed by atoms with Gasteiger partial charge >= 0.3 is 5.97 Å². The van der Waals surface area contributed by atoms with Crippen molar-refractivity contribution in [2.45, 2.75) is 32.2 Å². The smallest absolute Gasteiger partial charge is 0.326 e. The highest BCUT2D eigenvalue weighted by molar-refractivity contribution is 6.35. The van der Waals surface area contributed by atoms with Gasteiger partial charge in [0.25, 0.3) is 0 Å². The van der Waals surface area contributed by atoms with Crippen LogP contribution in [-0.4, -0.2) is 29.6 Å². The van der Waals surface area contributed by atoms with E-state index in [1.165, 1.54) is 0 Å². The highest BCUT2D eigenvalue weighted by Crippen LogP contribution is 2.27. The number of aliphatic carboxylic acids is 1. The second kappa shape index (κ2) is 8.74. The summed E-state index contributed by atoms with van der Waals surface area (Å²) in [5.41, 5.74) is 0. The van der Waals surface area contributed by atoms with E-state index in [0.717, 1.165) is 0 Å². The van der Waals surface area contributed by atoms with E-state index in [1.54, 1.807) is 25.1 Å². The molecule has 7 heteroatoms. The Morgan fingerprint density at radius 3 is 2.67 bits per heavy atom. The molecule has 0 fully saturated rings. The van der Waals surface area contributed by atoms with Crippen LogP contribution in [0.15, 0.2) is 18.2 Å². The molecule has 2 N–H and O–H groups in total. The van der Waals surface area contributed by atoms with Crippen molar-refractivity contribution in [2.75, 3.05) is 6.61 Å². The lowest BCUT2D eigenvalue weighted by atomic mass is 10.2. The van der Waals surface area contributed by atoms with Gasteiger partial charge in [-0.2, -0.15) is 0 Å². The van der Waals surface area contributed by atoms with E-state index in [4.69, 9.17) is 33.0 Å². The lowest BCUT2D eigenvalue weighted by Crippen LogP contribution is -2.40. The third-order valence-corrected chi connectivity index (χ3v) is 3.27. The summed E-state index contributed by atoms with van der Waals surface area (Å²) in [6.45, 7) is 2.00. The Morgan fingerprint density at radius 1 is 1.38 bits per heavy atom. The van der Waals surface area contributed by atoms with Crippen molar-refractivity contribution >= 4 is 35.1 Å². The standard InChI is InChI=1S/C14H17Cl2NO4/c1-2-11(14(19)20)17-13(18)4-3-7-21-12-6-5-9(15)8-10(12)16/h5-6,8,11H,2-4,7H2,1H3,(H,17,18)(H,19,20). The van der Waals surface area contributed by atoms with E-state index in [1.807, 2.05) is 0 Å². The number of halogens is 2. The molecule has 1 aromatic carbocycles. The van der Waals surface area contributed by atoms with E-state index < -0.39 is 12.0 Å². The lowest BCUT2D eigenvalue weighted by Gasteiger charge is -2.12. The SMILES string of the molecule is CCC(NC(=O)CCCOc1ccc(Cl)cc1Cl)C(=O)O. The molecule has 0 aliphatic carbocycles. The van der Waals surface area contributed by atoms with Gasteiger partial charge in [0.2, 0.25) is 5.91 Å². The number of carbonyl (C=O) groups excluding carboxylic acids is 1. The summed E-state index contributed by atoms with van der Waals surface area (Å²) in [5.74, 6) is -0.844. The number of hydrogen-bond acceptors (Lipinski definition) is 3. The van der Waals surface area contributed by atoms with Gasteiger partial charge in [0.1, 0.15) is 11.8 Å². The zero-order valence-corrected chi connectivity index (χ0v) is 13.1. The molecular weight excluding hydrogens is 317 g/mol. The molecule has 0 saturated heterocycles. The van der Waals surface area contributed by atoms with Gasteiger partial charge in [-0.25, -0.2) is 4.79 Å². The Morgan fingerprint density at radius 2 is 2.10 bits per heavy atom. The summed E-state index contributed by atoms with van der Waals surface area (Å²) in [7, 11) is 0. The number of carbonyl (C=O) groups is 2. The molecule has 0 spiro atoms. The molecular formula is C14H17Cl2NO4. The molecule has 0 heterocycles. The average Bonchev–Trinajstić information content (AvgIpc) is 2.42. The molecule has 1 aromatic rings. The van der Waals surface area contributed by atoms with Gasteiger partial charge < -0.3 is 15.2 Å². The second-order valence-corrected chi connectivity index (χ2v) is 5.24. The Hall–Kier alpha value is -1.46. The third-order valence-electron chi connectivity index (χ3n) is 2.74. The van der Waals surface area contributed by atoms with E-state index in [-0.39, 0.29) is 12.3 Å². The fourth-order valence-corrected chi connectivity index (χ4v) is 2.08. The van der Waals surface area contributed by atoms with Crippen LogP contribution in [0.3, 0.4) is 0 Å². The maximum Gasteiger partial charge on any atom is 0.326 e. The molecule has 1 atom stereocenters. The molecule has 0 bridgehead atoms. The highest BCUT2D eigenvalue weighted by Gasteiger charge is 2.16. The minimum atomic E-state index is -1.03. The fourth-order valence-electron chi connectivity index (χ4n) is 1.61. The number of nitrogens with one attached hydrogen (secondary N) is 1. The summed E-state index contributed by atoms with van der Waals surface area (Å²) >= 11 is 11.7. The van der Waals surface area contributed by atoms with Crippen LogP contribution in [0.1, 0.15) is 26.2 Å². The summed E-state index contributed by atoms with van der Waals surface area (Å²) in [6, 6.07) is 4.05. The monoisotopic (exact) mass is 333 g/mol. The maximum atomic E-state index is 11.6. The minimum Gasteiger partial charge on any atom is -0.492 e. The molecule has 0 saturated carbocycles. The first-order chi connectivity index (χ1) is 9.93. The van der Waals surface area contributed by atoms with Crippen molar-refractivity contribution in [3.63, 3.8) is 0 Å². The predicted octanol–water partition coefficient (Wildman–Crippen LogP) is 3.13. The Balaban J connectivity index is 2.30. The number of hydrogen-bond donors (Lipinski definition) is 2. The molecule has 116 valence electrons. The van der Waals surface area contributed by atoms with Crippen molar-refractivity contribution in [1.29, 1.82) is 0 Å². The van der Waals surface area contributed by atoms with Crippen molar-refractivity contribution in [2.24, 2.45) is 0 Å². The van der Waals surface area contributed by atoms with Crippen molar-refractivity contribution in [3.05, 3.63) is 28.2 Å². The first-order valence-electron chi connectivity index (χ1n) is 6.54. The molecule has 0 aromatic heterocycles. The van der Waals surface area contributed by atoms with Crippen LogP contribution in [0.25, 0.3) is 0 Å². The molecule has 1 amide bonds. The summed E-state index contributed by atoms with van der Waals surface area (Å²) in [6.07, 6.45) is 0.994. The van der Waals surface area contributed by atoms with E-state index in [2.05, 4.69) is 5.32 Å². The Bertz CT molecular complexity index is 508. The number of benzene rings is 1. The quantitative estimate of drug-likeness (QED) is 0.716. The zero-order valence-electron chi connectivity index (χ0n) is 11.6. The molecule has 1 rings (SSSR count). The van der Waals surface area contributed by atoms with E-state index >= 15 is 0 Å². The van der Waals surface area contributed by atoms with Crippen molar-refractivity contribution < 1.29 is 19.4 Å². The Kier molecular flexibility index (Phi) is 7.32. The van der Waals surface area contributed by atoms with Crippen LogP contribution in [0.2, 0.25) is 10.0 Å². The molecule has 0 aliphatic heterocycles. The van der Waals surface area contributed by atoms with Gasteiger partial charge in [-0.15, -0.1) is 0 Å². The molecule has 5 nitrogen and oxygen atoms in total. The first kappa shape index (κ1) is 17.6. The maximum absolute atomic E-state index is 11.6. The minimum absolute atomic E-state index is 0.189.